The Morgan fingerprint density at radius 1 is 1.28 bits per heavy atom. The van der Waals surface area contributed by atoms with Crippen molar-refractivity contribution in [1.29, 1.82) is 0 Å². The van der Waals surface area contributed by atoms with Crippen LogP contribution in [0.2, 0.25) is 0 Å². The van der Waals surface area contributed by atoms with Crippen LogP contribution in [0, 0.1) is 6.92 Å². The van der Waals surface area contributed by atoms with Crippen LogP contribution < -0.4 is 5.32 Å². The first-order chi connectivity index (χ1) is 8.60. The van der Waals surface area contributed by atoms with E-state index in [0.717, 1.165) is 23.8 Å². The van der Waals surface area contributed by atoms with Crippen molar-refractivity contribution in [2.75, 3.05) is 11.9 Å². The van der Waals surface area contributed by atoms with Gasteiger partial charge in [0.05, 0.1) is 0 Å². The van der Waals surface area contributed by atoms with Crippen molar-refractivity contribution in [1.82, 2.24) is 9.97 Å². The minimum atomic E-state index is 0.361. The number of anilines is 1. The summed E-state index contributed by atoms with van der Waals surface area (Å²) in [7, 11) is 0. The predicted molar refractivity (Wildman–Crippen MR) is 72.7 cm³/mol. The number of nitrogens with one attached hydrogen (secondary N) is 1. The minimum absolute atomic E-state index is 0.361. The molecule has 0 bridgehead atoms. The zero-order valence-electron chi connectivity index (χ0n) is 11.3. The Labute approximate surface area is 107 Å². The molecule has 4 nitrogen and oxygen atoms in total. The van der Waals surface area contributed by atoms with Gasteiger partial charge in [0, 0.05) is 18.3 Å². The maximum atomic E-state index is 5.58. The normalized spacial score (nSPS) is 10.9. The molecule has 4 heteroatoms. The highest BCUT2D eigenvalue weighted by atomic mass is 16.3. The van der Waals surface area contributed by atoms with E-state index in [4.69, 9.17) is 4.42 Å². The van der Waals surface area contributed by atoms with Crippen LogP contribution in [0.25, 0.3) is 11.6 Å². The molecule has 1 N–H and O–H groups in total. The second kappa shape index (κ2) is 5.21. The van der Waals surface area contributed by atoms with Gasteiger partial charge in [-0.15, -0.1) is 0 Å². The second-order valence-corrected chi connectivity index (χ2v) is 4.60. The molecule has 2 aromatic heterocycles. The summed E-state index contributed by atoms with van der Waals surface area (Å²) < 4.78 is 5.58. The predicted octanol–water partition coefficient (Wildman–Crippen LogP) is 3.60. The quantitative estimate of drug-likeness (QED) is 0.894. The van der Waals surface area contributed by atoms with Crippen LogP contribution in [-0.4, -0.2) is 16.5 Å². The van der Waals surface area contributed by atoms with Crippen molar-refractivity contribution in [2.45, 2.75) is 33.6 Å². The Balaban J connectivity index is 2.45. The highest BCUT2D eigenvalue weighted by Gasteiger charge is 2.11. The average molecular weight is 245 g/mol. The van der Waals surface area contributed by atoms with E-state index in [2.05, 4.69) is 29.1 Å². The molecule has 0 aromatic carbocycles. The van der Waals surface area contributed by atoms with Crippen LogP contribution in [0.3, 0.4) is 0 Å². The molecule has 96 valence electrons. The fourth-order valence-corrected chi connectivity index (χ4v) is 1.70. The first-order valence-electron chi connectivity index (χ1n) is 6.29. The van der Waals surface area contributed by atoms with Crippen molar-refractivity contribution >= 4 is 5.82 Å². The molecule has 2 aromatic rings. The topological polar surface area (TPSA) is 51.0 Å². The maximum absolute atomic E-state index is 5.58. The molecule has 0 aliphatic heterocycles. The lowest BCUT2D eigenvalue weighted by molar-refractivity contribution is 0.543. The number of nitrogens with zero attached hydrogens (tertiary/aromatic N) is 2. The number of aromatic nitrogens is 2. The summed E-state index contributed by atoms with van der Waals surface area (Å²) in [6.07, 6.45) is 0. The summed E-state index contributed by atoms with van der Waals surface area (Å²) in [5, 5.41) is 3.23. The van der Waals surface area contributed by atoms with Crippen molar-refractivity contribution < 1.29 is 4.42 Å². The van der Waals surface area contributed by atoms with Gasteiger partial charge in [-0.2, -0.15) is 0 Å². The molecule has 18 heavy (non-hydrogen) atoms. The van der Waals surface area contributed by atoms with Gasteiger partial charge >= 0.3 is 0 Å². The Kier molecular flexibility index (Phi) is 3.65. The average Bonchev–Trinajstić information content (AvgIpc) is 2.76. The summed E-state index contributed by atoms with van der Waals surface area (Å²) in [6, 6.07) is 5.83. The lowest BCUT2D eigenvalue weighted by atomic mass is 10.1. The molecule has 2 rings (SSSR count). The number of rotatable bonds is 4. The Hall–Kier alpha value is -1.84. The molecule has 0 fully saturated rings. The van der Waals surface area contributed by atoms with E-state index in [9.17, 15) is 0 Å². The number of aryl methyl sites for hydroxylation is 1. The lowest BCUT2D eigenvalue weighted by Crippen LogP contribution is -2.04. The van der Waals surface area contributed by atoms with Crippen LogP contribution in [0.5, 0.6) is 0 Å². The van der Waals surface area contributed by atoms with Crippen molar-refractivity contribution in [3.05, 3.63) is 29.7 Å². The Morgan fingerprint density at radius 3 is 2.61 bits per heavy atom. The highest BCUT2D eigenvalue weighted by molar-refractivity contribution is 5.52. The van der Waals surface area contributed by atoms with Crippen LogP contribution >= 0.6 is 0 Å². The molecule has 0 aliphatic rings. The molecule has 2 heterocycles. The van der Waals surface area contributed by atoms with Gasteiger partial charge < -0.3 is 9.73 Å². The lowest BCUT2D eigenvalue weighted by Gasteiger charge is -2.09. The molecule has 0 saturated carbocycles. The van der Waals surface area contributed by atoms with Crippen LogP contribution in [0.15, 0.2) is 22.6 Å². The van der Waals surface area contributed by atoms with Gasteiger partial charge in [-0.3, -0.25) is 0 Å². The van der Waals surface area contributed by atoms with Gasteiger partial charge in [0.25, 0.3) is 0 Å². The van der Waals surface area contributed by atoms with Gasteiger partial charge in [-0.1, -0.05) is 13.8 Å². The van der Waals surface area contributed by atoms with E-state index in [-0.39, 0.29) is 0 Å². The van der Waals surface area contributed by atoms with E-state index >= 15 is 0 Å². The highest BCUT2D eigenvalue weighted by Crippen LogP contribution is 2.23. The maximum Gasteiger partial charge on any atom is 0.197 e. The summed E-state index contributed by atoms with van der Waals surface area (Å²) in [5.74, 6) is 3.44. The SMILES string of the molecule is CCNc1cc(C(C)C)nc(-c2ccc(C)o2)n1. The zero-order chi connectivity index (χ0) is 13.1. The van der Waals surface area contributed by atoms with Gasteiger partial charge in [-0.25, -0.2) is 9.97 Å². The van der Waals surface area contributed by atoms with Gasteiger partial charge in [0.15, 0.2) is 11.6 Å². The third-order valence-electron chi connectivity index (χ3n) is 2.66. The van der Waals surface area contributed by atoms with E-state index in [1.54, 1.807) is 0 Å². The number of hydrogen-bond donors (Lipinski definition) is 1. The number of furan rings is 1. The molecule has 0 spiro atoms. The third kappa shape index (κ3) is 2.70. The van der Waals surface area contributed by atoms with Gasteiger partial charge in [0.1, 0.15) is 11.6 Å². The molecule has 0 radical (unpaired) electrons. The molecule has 0 amide bonds. The summed E-state index contributed by atoms with van der Waals surface area (Å²) in [4.78, 5) is 9.03. The summed E-state index contributed by atoms with van der Waals surface area (Å²) in [5.41, 5.74) is 1.02. The van der Waals surface area contributed by atoms with Crippen LogP contribution in [0.4, 0.5) is 5.82 Å². The number of hydrogen-bond acceptors (Lipinski definition) is 4. The third-order valence-corrected chi connectivity index (χ3v) is 2.66. The van der Waals surface area contributed by atoms with Crippen molar-refractivity contribution in [3.8, 4) is 11.6 Å². The molecular formula is C14H19N3O. The molecular weight excluding hydrogens is 226 g/mol. The largest absolute Gasteiger partial charge is 0.458 e. The summed E-state index contributed by atoms with van der Waals surface area (Å²) in [6.45, 7) is 9.05. The van der Waals surface area contributed by atoms with Crippen LogP contribution in [0.1, 0.15) is 38.1 Å². The standard InChI is InChI=1S/C14H19N3O/c1-5-15-13-8-11(9(2)3)16-14(17-13)12-7-6-10(4)18-12/h6-9H,5H2,1-4H3,(H,15,16,17). The van der Waals surface area contributed by atoms with Crippen molar-refractivity contribution in [2.24, 2.45) is 0 Å². The van der Waals surface area contributed by atoms with Gasteiger partial charge in [-0.05, 0) is 31.9 Å². The summed E-state index contributed by atoms with van der Waals surface area (Å²) >= 11 is 0. The van der Waals surface area contributed by atoms with Crippen molar-refractivity contribution in [3.63, 3.8) is 0 Å². The zero-order valence-corrected chi connectivity index (χ0v) is 11.3. The minimum Gasteiger partial charge on any atom is -0.458 e. The van der Waals surface area contributed by atoms with Crippen LogP contribution in [-0.2, 0) is 0 Å². The molecule has 0 unspecified atom stereocenters. The molecule has 0 atom stereocenters. The Morgan fingerprint density at radius 2 is 2.06 bits per heavy atom. The van der Waals surface area contributed by atoms with E-state index in [0.29, 0.717) is 17.5 Å². The first kappa shape index (κ1) is 12.6. The second-order valence-electron chi connectivity index (χ2n) is 4.60. The van der Waals surface area contributed by atoms with Gasteiger partial charge in [0.2, 0.25) is 0 Å². The van der Waals surface area contributed by atoms with E-state index in [1.807, 2.05) is 32.0 Å². The fourth-order valence-electron chi connectivity index (χ4n) is 1.70. The van der Waals surface area contributed by atoms with E-state index < -0.39 is 0 Å². The monoisotopic (exact) mass is 245 g/mol. The Bertz CT molecular complexity index is 532. The first-order valence-corrected chi connectivity index (χ1v) is 6.29. The fraction of sp³-hybridized carbons (Fsp3) is 0.429. The molecule has 0 saturated heterocycles. The van der Waals surface area contributed by atoms with E-state index in [1.165, 1.54) is 0 Å². The molecule has 0 aliphatic carbocycles. The smallest absolute Gasteiger partial charge is 0.197 e.